The number of nitrogens with two attached hydrogens (primary N) is 1. The lowest BCUT2D eigenvalue weighted by Crippen LogP contribution is -2.23. The molecule has 1 aliphatic heterocycles. The largest absolute Gasteiger partial charge is 0.397 e. The molecule has 15 heavy (non-hydrogen) atoms. The fourth-order valence-corrected chi connectivity index (χ4v) is 1.86. The molecule has 1 saturated heterocycles. The summed E-state index contributed by atoms with van der Waals surface area (Å²) in [5.41, 5.74) is 7.38. The fourth-order valence-electron chi connectivity index (χ4n) is 1.86. The van der Waals surface area contributed by atoms with Crippen LogP contribution in [0.2, 0.25) is 0 Å². The highest BCUT2D eigenvalue weighted by Crippen LogP contribution is 2.21. The number of hydrogen-bond donors (Lipinski definition) is 1. The molecule has 1 atom stereocenters. The molecule has 1 aliphatic rings. The molecular formula is C11H17N3O. The van der Waals surface area contributed by atoms with Crippen molar-refractivity contribution in [3.8, 4) is 0 Å². The van der Waals surface area contributed by atoms with Crippen molar-refractivity contribution in [2.75, 3.05) is 30.8 Å². The van der Waals surface area contributed by atoms with Crippen LogP contribution in [0.4, 0.5) is 11.5 Å². The van der Waals surface area contributed by atoms with Gasteiger partial charge in [-0.3, -0.25) is 0 Å². The van der Waals surface area contributed by atoms with Gasteiger partial charge in [0.2, 0.25) is 0 Å². The van der Waals surface area contributed by atoms with Crippen molar-refractivity contribution < 1.29 is 4.74 Å². The van der Waals surface area contributed by atoms with Crippen LogP contribution < -0.4 is 10.6 Å². The Kier molecular flexibility index (Phi) is 2.77. The third-order valence-electron chi connectivity index (χ3n) is 2.91. The first kappa shape index (κ1) is 10.2. The first-order valence-electron chi connectivity index (χ1n) is 5.21. The molecule has 2 heterocycles. The minimum atomic E-state index is 0.338. The van der Waals surface area contributed by atoms with E-state index in [2.05, 4.69) is 9.88 Å². The zero-order valence-corrected chi connectivity index (χ0v) is 9.23. The van der Waals surface area contributed by atoms with Crippen LogP contribution in [-0.2, 0) is 4.74 Å². The maximum absolute atomic E-state index is 5.74. The Hall–Kier alpha value is -1.29. The zero-order chi connectivity index (χ0) is 10.8. The normalized spacial score (nSPS) is 20.9. The Morgan fingerprint density at radius 3 is 2.93 bits per heavy atom. The topological polar surface area (TPSA) is 51.4 Å². The Morgan fingerprint density at radius 2 is 2.33 bits per heavy atom. The quantitative estimate of drug-likeness (QED) is 0.791. The van der Waals surface area contributed by atoms with E-state index in [0.29, 0.717) is 6.10 Å². The number of anilines is 2. The van der Waals surface area contributed by atoms with Gasteiger partial charge in [-0.05, 0) is 25.5 Å². The summed E-state index contributed by atoms with van der Waals surface area (Å²) in [6.07, 6.45) is 1.41. The van der Waals surface area contributed by atoms with Crippen LogP contribution in [0.1, 0.15) is 12.1 Å². The predicted octanol–water partition coefficient (Wildman–Crippen LogP) is 1.20. The number of ether oxygens (including phenoxy) is 1. The van der Waals surface area contributed by atoms with Crippen LogP contribution in [0.15, 0.2) is 12.1 Å². The number of pyridine rings is 1. The molecule has 1 aromatic rings. The van der Waals surface area contributed by atoms with E-state index in [9.17, 15) is 0 Å². The van der Waals surface area contributed by atoms with E-state index >= 15 is 0 Å². The fraction of sp³-hybridized carbons (Fsp3) is 0.545. The molecule has 0 unspecified atom stereocenters. The summed E-state index contributed by atoms with van der Waals surface area (Å²) in [5.74, 6) is 1.00. The van der Waals surface area contributed by atoms with E-state index < -0.39 is 0 Å². The number of hydrogen-bond acceptors (Lipinski definition) is 4. The number of rotatable bonds is 2. The Morgan fingerprint density at radius 1 is 1.53 bits per heavy atom. The molecule has 0 amide bonds. The summed E-state index contributed by atoms with van der Waals surface area (Å²) in [5, 5.41) is 0. The maximum Gasteiger partial charge on any atom is 0.129 e. The average Bonchev–Trinajstić information content (AvgIpc) is 2.70. The van der Waals surface area contributed by atoms with Crippen molar-refractivity contribution in [1.82, 2.24) is 4.98 Å². The summed E-state index contributed by atoms with van der Waals surface area (Å²) in [4.78, 5) is 6.71. The molecule has 0 saturated carbocycles. The van der Waals surface area contributed by atoms with Crippen LogP contribution in [0.5, 0.6) is 0 Å². The number of nitrogen functional groups attached to an aromatic ring is 1. The smallest absolute Gasteiger partial charge is 0.129 e. The Labute approximate surface area is 90.0 Å². The number of methoxy groups -OCH3 is 1. The van der Waals surface area contributed by atoms with E-state index in [1.54, 1.807) is 7.11 Å². The standard InChI is InChI=1S/C11H17N3O/c1-8-10(12)3-4-11(13-8)14-6-5-9(7-14)15-2/h3-4,9H,5-7,12H2,1-2H3/t9-/m0/s1. The van der Waals surface area contributed by atoms with Crippen molar-refractivity contribution in [1.29, 1.82) is 0 Å². The van der Waals surface area contributed by atoms with Crippen molar-refractivity contribution >= 4 is 11.5 Å². The van der Waals surface area contributed by atoms with Crippen LogP contribution in [0.3, 0.4) is 0 Å². The highest BCUT2D eigenvalue weighted by atomic mass is 16.5. The van der Waals surface area contributed by atoms with Crippen LogP contribution in [0, 0.1) is 6.92 Å². The molecule has 82 valence electrons. The van der Waals surface area contributed by atoms with Gasteiger partial charge in [0.25, 0.3) is 0 Å². The van der Waals surface area contributed by atoms with Gasteiger partial charge in [0.15, 0.2) is 0 Å². The van der Waals surface area contributed by atoms with Gasteiger partial charge in [0, 0.05) is 20.2 Å². The molecule has 4 heteroatoms. The first-order valence-corrected chi connectivity index (χ1v) is 5.21. The monoisotopic (exact) mass is 207 g/mol. The molecule has 0 spiro atoms. The van der Waals surface area contributed by atoms with Gasteiger partial charge in [-0.15, -0.1) is 0 Å². The number of aromatic nitrogens is 1. The van der Waals surface area contributed by atoms with Crippen LogP contribution in [0.25, 0.3) is 0 Å². The molecule has 0 aromatic carbocycles. The van der Waals surface area contributed by atoms with Gasteiger partial charge in [-0.2, -0.15) is 0 Å². The molecule has 4 nitrogen and oxygen atoms in total. The third-order valence-corrected chi connectivity index (χ3v) is 2.91. The summed E-state index contributed by atoms with van der Waals surface area (Å²) >= 11 is 0. The van der Waals surface area contributed by atoms with Crippen molar-refractivity contribution in [3.05, 3.63) is 17.8 Å². The second kappa shape index (κ2) is 4.06. The van der Waals surface area contributed by atoms with Gasteiger partial charge in [-0.25, -0.2) is 4.98 Å². The SMILES string of the molecule is CO[C@H]1CCN(c2ccc(N)c(C)n2)C1. The van der Waals surface area contributed by atoms with Gasteiger partial charge < -0.3 is 15.4 Å². The highest BCUT2D eigenvalue weighted by Gasteiger charge is 2.23. The van der Waals surface area contributed by atoms with E-state index in [-0.39, 0.29) is 0 Å². The van der Waals surface area contributed by atoms with Crippen molar-refractivity contribution in [3.63, 3.8) is 0 Å². The first-order chi connectivity index (χ1) is 7.20. The van der Waals surface area contributed by atoms with Gasteiger partial charge in [0.05, 0.1) is 17.5 Å². The van der Waals surface area contributed by atoms with E-state index in [1.807, 2.05) is 19.1 Å². The summed E-state index contributed by atoms with van der Waals surface area (Å²) in [7, 11) is 1.76. The summed E-state index contributed by atoms with van der Waals surface area (Å²) < 4.78 is 5.32. The lowest BCUT2D eigenvalue weighted by atomic mass is 10.3. The molecule has 1 fully saturated rings. The van der Waals surface area contributed by atoms with Crippen LogP contribution in [-0.4, -0.2) is 31.3 Å². The molecule has 0 bridgehead atoms. The molecule has 2 N–H and O–H groups in total. The van der Waals surface area contributed by atoms with Gasteiger partial charge in [0.1, 0.15) is 5.82 Å². The Bertz CT molecular complexity index is 354. The second-order valence-corrected chi connectivity index (χ2v) is 3.94. The molecule has 0 aliphatic carbocycles. The lowest BCUT2D eigenvalue weighted by Gasteiger charge is -2.17. The van der Waals surface area contributed by atoms with E-state index in [4.69, 9.17) is 10.5 Å². The van der Waals surface area contributed by atoms with Crippen LogP contribution >= 0.6 is 0 Å². The summed E-state index contributed by atoms with van der Waals surface area (Å²) in [6, 6.07) is 3.89. The third kappa shape index (κ3) is 2.04. The molecule has 2 rings (SSSR count). The van der Waals surface area contributed by atoms with Gasteiger partial charge in [-0.1, -0.05) is 0 Å². The van der Waals surface area contributed by atoms with Crippen molar-refractivity contribution in [2.24, 2.45) is 0 Å². The summed E-state index contributed by atoms with van der Waals surface area (Å²) in [6.45, 7) is 3.87. The molecule has 0 radical (unpaired) electrons. The van der Waals surface area contributed by atoms with Gasteiger partial charge >= 0.3 is 0 Å². The number of aryl methyl sites for hydroxylation is 1. The van der Waals surface area contributed by atoms with E-state index in [0.717, 1.165) is 36.7 Å². The maximum atomic E-state index is 5.74. The lowest BCUT2D eigenvalue weighted by molar-refractivity contribution is 0.121. The molecule has 1 aromatic heterocycles. The molecular weight excluding hydrogens is 190 g/mol. The van der Waals surface area contributed by atoms with Crippen molar-refractivity contribution in [2.45, 2.75) is 19.4 Å². The Balaban J connectivity index is 2.13. The average molecular weight is 207 g/mol. The highest BCUT2D eigenvalue weighted by molar-refractivity contribution is 5.50. The number of nitrogens with zero attached hydrogens (tertiary/aromatic N) is 2. The predicted molar refractivity (Wildman–Crippen MR) is 61.0 cm³/mol. The minimum absolute atomic E-state index is 0.338. The zero-order valence-electron chi connectivity index (χ0n) is 9.23. The second-order valence-electron chi connectivity index (χ2n) is 3.94. The van der Waals surface area contributed by atoms with E-state index in [1.165, 1.54) is 0 Å². The minimum Gasteiger partial charge on any atom is -0.397 e.